The molecule has 21 heavy (non-hydrogen) atoms. The topological polar surface area (TPSA) is 49.2 Å². The highest BCUT2D eigenvalue weighted by Gasteiger charge is 2.14. The third-order valence-corrected chi connectivity index (χ3v) is 3.78. The zero-order valence-electron chi connectivity index (χ0n) is 13.0. The molecule has 112 valence electrons. The molecule has 2 aromatic rings. The van der Waals surface area contributed by atoms with Crippen molar-refractivity contribution in [1.29, 1.82) is 0 Å². The first-order chi connectivity index (χ1) is 10.1. The van der Waals surface area contributed by atoms with Crippen molar-refractivity contribution in [2.75, 3.05) is 11.4 Å². The van der Waals surface area contributed by atoms with Gasteiger partial charge in [-0.2, -0.15) is 0 Å². The summed E-state index contributed by atoms with van der Waals surface area (Å²) in [5, 5.41) is 10.2. The van der Waals surface area contributed by atoms with Crippen LogP contribution in [-0.2, 0) is 6.54 Å². The summed E-state index contributed by atoms with van der Waals surface area (Å²) in [6, 6.07) is 3.99. The van der Waals surface area contributed by atoms with Crippen molar-refractivity contribution in [1.82, 2.24) is 9.97 Å². The van der Waals surface area contributed by atoms with Gasteiger partial charge in [-0.25, -0.2) is 0 Å². The number of nitrogens with zero attached hydrogens (tertiary/aromatic N) is 3. The predicted octanol–water partition coefficient (Wildman–Crippen LogP) is 3.54. The molecule has 4 nitrogen and oxygen atoms in total. The molecule has 0 saturated heterocycles. The first kappa shape index (κ1) is 15.3. The lowest BCUT2D eigenvalue weighted by Gasteiger charge is -2.27. The Labute approximate surface area is 126 Å². The average molecular weight is 285 g/mol. The summed E-state index contributed by atoms with van der Waals surface area (Å²) in [6.07, 6.45) is 8.18. The van der Waals surface area contributed by atoms with E-state index in [1.165, 1.54) is 0 Å². The van der Waals surface area contributed by atoms with E-state index in [0.29, 0.717) is 18.2 Å². The molecule has 2 aromatic heterocycles. The Morgan fingerprint density at radius 1 is 1.24 bits per heavy atom. The van der Waals surface area contributed by atoms with Crippen LogP contribution in [0.1, 0.15) is 31.4 Å². The van der Waals surface area contributed by atoms with Gasteiger partial charge in [0, 0.05) is 42.8 Å². The van der Waals surface area contributed by atoms with E-state index in [1.54, 1.807) is 18.6 Å². The summed E-state index contributed by atoms with van der Waals surface area (Å²) in [5.41, 5.74) is 2.73. The summed E-state index contributed by atoms with van der Waals surface area (Å²) in [5.74, 6) is 0.910. The molecule has 0 spiro atoms. The number of hydrogen-bond donors (Lipinski definition) is 1. The molecular weight excluding hydrogens is 262 g/mol. The third kappa shape index (κ3) is 3.94. The summed E-state index contributed by atoms with van der Waals surface area (Å²) < 4.78 is 0. The molecule has 0 amide bonds. The highest BCUT2D eigenvalue weighted by Crippen LogP contribution is 2.25. The monoisotopic (exact) mass is 285 g/mol. The molecule has 0 aliphatic carbocycles. The zero-order chi connectivity index (χ0) is 15.2. The summed E-state index contributed by atoms with van der Waals surface area (Å²) >= 11 is 0. The van der Waals surface area contributed by atoms with E-state index in [2.05, 4.69) is 34.8 Å². The van der Waals surface area contributed by atoms with Gasteiger partial charge in [-0.1, -0.05) is 20.3 Å². The van der Waals surface area contributed by atoms with Crippen molar-refractivity contribution in [2.24, 2.45) is 5.92 Å². The molecule has 1 atom stereocenters. The molecule has 4 heteroatoms. The van der Waals surface area contributed by atoms with Crippen molar-refractivity contribution >= 4 is 5.69 Å². The molecule has 0 aliphatic heterocycles. The van der Waals surface area contributed by atoms with E-state index in [0.717, 1.165) is 29.8 Å². The van der Waals surface area contributed by atoms with Crippen LogP contribution >= 0.6 is 0 Å². The summed E-state index contributed by atoms with van der Waals surface area (Å²) in [7, 11) is 0. The second-order valence-electron chi connectivity index (χ2n) is 5.57. The van der Waals surface area contributed by atoms with Crippen molar-refractivity contribution < 1.29 is 5.11 Å². The van der Waals surface area contributed by atoms with Gasteiger partial charge in [0.15, 0.2) is 0 Å². The molecule has 0 aromatic carbocycles. The number of aromatic nitrogens is 2. The minimum Gasteiger partial charge on any atom is -0.507 e. The number of aromatic hydroxyl groups is 1. The van der Waals surface area contributed by atoms with E-state index in [9.17, 15) is 5.11 Å². The first-order valence-electron chi connectivity index (χ1n) is 7.39. The summed E-state index contributed by atoms with van der Waals surface area (Å²) in [6.45, 7) is 7.86. The standard InChI is InChI=1S/C17H23N3O/c1-4-13(2)11-20(16-6-5-7-18-10-16)12-15-9-19-8-14(3)17(15)21/h5-10,13H,4,11-12H2,1-3H3,(H,19,21). The van der Waals surface area contributed by atoms with Crippen molar-refractivity contribution in [3.05, 3.63) is 48.0 Å². The van der Waals surface area contributed by atoms with Crippen LogP contribution in [0.15, 0.2) is 36.9 Å². The number of rotatable bonds is 6. The van der Waals surface area contributed by atoms with Gasteiger partial charge in [0.2, 0.25) is 0 Å². The highest BCUT2D eigenvalue weighted by atomic mass is 16.3. The quantitative estimate of drug-likeness (QED) is 0.882. The van der Waals surface area contributed by atoms with E-state index in [4.69, 9.17) is 0 Å². The molecule has 0 bridgehead atoms. The summed E-state index contributed by atoms with van der Waals surface area (Å²) in [4.78, 5) is 10.6. The molecule has 0 radical (unpaired) electrons. The van der Waals surface area contributed by atoms with Crippen LogP contribution in [0.25, 0.3) is 0 Å². The fraction of sp³-hybridized carbons (Fsp3) is 0.412. The lowest BCUT2D eigenvalue weighted by atomic mass is 10.1. The van der Waals surface area contributed by atoms with Crippen LogP contribution in [0.4, 0.5) is 5.69 Å². The van der Waals surface area contributed by atoms with Gasteiger partial charge in [-0.3, -0.25) is 9.97 Å². The Kier molecular flexibility index (Phi) is 5.14. The fourth-order valence-electron chi connectivity index (χ4n) is 2.24. The number of aryl methyl sites for hydroxylation is 1. The Morgan fingerprint density at radius 3 is 2.71 bits per heavy atom. The van der Waals surface area contributed by atoms with Crippen molar-refractivity contribution in [3.8, 4) is 5.75 Å². The molecule has 1 N–H and O–H groups in total. The molecule has 1 unspecified atom stereocenters. The van der Waals surface area contributed by atoms with Gasteiger partial charge in [-0.05, 0) is 25.0 Å². The SMILES string of the molecule is CCC(C)CN(Cc1cncc(C)c1O)c1cccnc1. The smallest absolute Gasteiger partial charge is 0.126 e. The number of anilines is 1. The van der Waals surface area contributed by atoms with E-state index >= 15 is 0 Å². The molecular formula is C17H23N3O. The maximum absolute atomic E-state index is 10.2. The second kappa shape index (κ2) is 7.07. The van der Waals surface area contributed by atoms with Crippen LogP contribution in [-0.4, -0.2) is 21.6 Å². The van der Waals surface area contributed by atoms with Crippen molar-refractivity contribution in [3.63, 3.8) is 0 Å². The lowest BCUT2D eigenvalue weighted by molar-refractivity contribution is 0.459. The van der Waals surface area contributed by atoms with Gasteiger partial charge in [-0.15, -0.1) is 0 Å². The van der Waals surface area contributed by atoms with Crippen LogP contribution in [0.2, 0.25) is 0 Å². The molecule has 0 fully saturated rings. The highest BCUT2D eigenvalue weighted by molar-refractivity contribution is 5.46. The van der Waals surface area contributed by atoms with Gasteiger partial charge < -0.3 is 10.0 Å². The maximum Gasteiger partial charge on any atom is 0.126 e. The zero-order valence-corrected chi connectivity index (χ0v) is 13.0. The van der Waals surface area contributed by atoms with Crippen molar-refractivity contribution in [2.45, 2.75) is 33.7 Å². The Balaban J connectivity index is 2.25. The molecule has 2 heterocycles. The fourth-order valence-corrected chi connectivity index (χ4v) is 2.24. The normalized spacial score (nSPS) is 12.1. The van der Waals surface area contributed by atoms with Gasteiger partial charge in [0.25, 0.3) is 0 Å². The first-order valence-corrected chi connectivity index (χ1v) is 7.39. The molecule has 2 rings (SSSR count). The average Bonchev–Trinajstić information content (AvgIpc) is 2.51. The van der Waals surface area contributed by atoms with Gasteiger partial charge >= 0.3 is 0 Å². The largest absolute Gasteiger partial charge is 0.507 e. The van der Waals surface area contributed by atoms with Crippen LogP contribution < -0.4 is 4.90 Å². The third-order valence-electron chi connectivity index (χ3n) is 3.78. The Bertz CT molecular complexity index is 572. The van der Waals surface area contributed by atoms with Crippen LogP contribution in [0, 0.1) is 12.8 Å². The minimum atomic E-state index is 0.336. The van der Waals surface area contributed by atoms with Gasteiger partial charge in [0.05, 0.1) is 11.9 Å². The molecule has 0 saturated carbocycles. The van der Waals surface area contributed by atoms with Gasteiger partial charge in [0.1, 0.15) is 5.75 Å². The number of pyridine rings is 2. The maximum atomic E-state index is 10.2. The molecule has 0 aliphatic rings. The van der Waals surface area contributed by atoms with E-state index in [1.807, 2.05) is 19.2 Å². The number of hydrogen-bond acceptors (Lipinski definition) is 4. The lowest BCUT2D eigenvalue weighted by Crippen LogP contribution is -2.28. The van der Waals surface area contributed by atoms with Crippen LogP contribution in [0.3, 0.4) is 0 Å². The second-order valence-corrected chi connectivity index (χ2v) is 5.57. The Morgan fingerprint density at radius 2 is 2.05 bits per heavy atom. The predicted molar refractivity (Wildman–Crippen MR) is 85.4 cm³/mol. The minimum absolute atomic E-state index is 0.336. The van der Waals surface area contributed by atoms with Crippen LogP contribution in [0.5, 0.6) is 5.75 Å². The van der Waals surface area contributed by atoms with E-state index < -0.39 is 0 Å². The van der Waals surface area contributed by atoms with E-state index in [-0.39, 0.29) is 0 Å². The Hall–Kier alpha value is -2.10.